The summed E-state index contributed by atoms with van der Waals surface area (Å²) in [4.78, 5) is 14.4. The molecule has 1 aromatic carbocycles. The van der Waals surface area contributed by atoms with E-state index in [2.05, 4.69) is 34.5 Å². The highest BCUT2D eigenvalue weighted by atomic mass is 16.1. The lowest BCUT2D eigenvalue weighted by Gasteiger charge is -2.33. The zero-order chi connectivity index (χ0) is 15.1. The minimum Gasteiger partial charge on any atom is -0.352 e. The Kier molecular flexibility index (Phi) is 6.21. The number of likely N-dealkylation sites (tertiary alicyclic amines) is 1. The second-order valence-corrected chi connectivity index (χ2v) is 6.17. The van der Waals surface area contributed by atoms with Gasteiger partial charge in [0, 0.05) is 25.6 Å². The molecule has 4 nitrogen and oxygen atoms in total. The van der Waals surface area contributed by atoms with Gasteiger partial charge in [0.25, 0.3) is 0 Å². The van der Waals surface area contributed by atoms with Gasteiger partial charge in [-0.15, -0.1) is 0 Å². The van der Waals surface area contributed by atoms with Crippen LogP contribution < -0.4 is 11.1 Å². The van der Waals surface area contributed by atoms with Crippen LogP contribution in [0.15, 0.2) is 30.3 Å². The third-order valence-corrected chi connectivity index (χ3v) is 4.06. The van der Waals surface area contributed by atoms with Crippen molar-refractivity contribution in [2.24, 2.45) is 11.7 Å². The number of carbonyl (C=O) groups is 1. The van der Waals surface area contributed by atoms with Crippen LogP contribution in [-0.2, 0) is 11.3 Å². The molecule has 21 heavy (non-hydrogen) atoms. The predicted molar refractivity (Wildman–Crippen MR) is 85.7 cm³/mol. The summed E-state index contributed by atoms with van der Waals surface area (Å²) < 4.78 is 0. The molecule has 1 amide bonds. The second-order valence-electron chi connectivity index (χ2n) is 6.17. The van der Waals surface area contributed by atoms with Crippen LogP contribution in [0.3, 0.4) is 0 Å². The van der Waals surface area contributed by atoms with Crippen molar-refractivity contribution in [3.8, 4) is 0 Å². The van der Waals surface area contributed by atoms with E-state index in [0.29, 0.717) is 13.0 Å². The summed E-state index contributed by atoms with van der Waals surface area (Å²) in [6, 6.07) is 10.8. The summed E-state index contributed by atoms with van der Waals surface area (Å²) in [5, 5.41) is 3.16. The topological polar surface area (TPSA) is 58.4 Å². The summed E-state index contributed by atoms with van der Waals surface area (Å²) in [6.07, 6.45) is 2.75. The molecule has 0 aromatic heterocycles. The molecule has 0 bridgehead atoms. The van der Waals surface area contributed by atoms with Crippen molar-refractivity contribution >= 4 is 5.91 Å². The van der Waals surface area contributed by atoms with E-state index in [-0.39, 0.29) is 17.9 Å². The molecular weight excluding hydrogens is 262 g/mol. The molecule has 1 heterocycles. The monoisotopic (exact) mass is 289 g/mol. The van der Waals surface area contributed by atoms with Crippen LogP contribution in [0.5, 0.6) is 0 Å². The fourth-order valence-corrected chi connectivity index (χ4v) is 2.84. The first-order valence-electron chi connectivity index (χ1n) is 7.93. The molecule has 2 atom stereocenters. The molecule has 0 saturated carbocycles. The van der Waals surface area contributed by atoms with Gasteiger partial charge in [0.1, 0.15) is 0 Å². The molecule has 2 unspecified atom stereocenters. The number of piperidine rings is 1. The Labute approximate surface area is 127 Å². The van der Waals surface area contributed by atoms with Gasteiger partial charge >= 0.3 is 0 Å². The molecule has 0 spiro atoms. The third-order valence-electron chi connectivity index (χ3n) is 4.06. The maximum absolute atomic E-state index is 12.0. The van der Waals surface area contributed by atoms with Crippen LogP contribution >= 0.6 is 0 Å². The highest BCUT2D eigenvalue weighted by Crippen LogP contribution is 2.14. The standard InChI is InChI=1S/C17H27N3O/c1-14(11-18)10-17(21)19-16-8-5-9-20(13-16)12-15-6-3-2-4-7-15/h2-4,6-7,14,16H,5,8-13,18H2,1H3,(H,19,21). The largest absolute Gasteiger partial charge is 0.352 e. The van der Waals surface area contributed by atoms with E-state index in [9.17, 15) is 4.79 Å². The first-order valence-corrected chi connectivity index (χ1v) is 7.93. The quantitative estimate of drug-likeness (QED) is 0.839. The van der Waals surface area contributed by atoms with E-state index in [1.807, 2.05) is 13.0 Å². The first-order chi connectivity index (χ1) is 10.2. The average Bonchev–Trinajstić information content (AvgIpc) is 2.48. The van der Waals surface area contributed by atoms with Gasteiger partial charge in [-0.3, -0.25) is 9.69 Å². The number of hydrogen-bond donors (Lipinski definition) is 2. The smallest absolute Gasteiger partial charge is 0.220 e. The Hall–Kier alpha value is -1.39. The van der Waals surface area contributed by atoms with Crippen molar-refractivity contribution in [3.05, 3.63) is 35.9 Å². The summed E-state index contributed by atoms with van der Waals surface area (Å²) in [5.41, 5.74) is 6.91. The van der Waals surface area contributed by atoms with Crippen molar-refractivity contribution in [2.75, 3.05) is 19.6 Å². The van der Waals surface area contributed by atoms with Gasteiger partial charge in [0.05, 0.1) is 0 Å². The highest BCUT2D eigenvalue weighted by Gasteiger charge is 2.21. The van der Waals surface area contributed by atoms with Crippen molar-refractivity contribution in [1.29, 1.82) is 0 Å². The minimum absolute atomic E-state index is 0.138. The Morgan fingerprint density at radius 2 is 2.19 bits per heavy atom. The Morgan fingerprint density at radius 1 is 1.43 bits per heavy atom. The number of nitrogens with two attached hydrogens (primary N) is 1. The normalized spacial score (nSPS) is 21.0. The number of rotatable bonds is 6. The summed E-state index contributed by atoms with van der Waals surface area (Å²) in [5.74, 6) is 0.397. The Balaban J connectivity index is 1.79. The number of nitrogens with one attached hydrogen (secondary N) is 1. The van der Waals surface area contributed by atoms with Gasteiger partial charge in [-0.05, 0) is 37.4 Å². The predicted octanol–water partition coefficient (Wildman–Crippen LogP) is 1.75. The molecule has 0 aliphatic carbocycles. The number of benzene rings is 1. The molecule has 1 aliphatic heterocycles. The molecule has 116 valence electrons. The fourth-order valence-electron chi connectivity index (χ4n) is 2.84. The summed E-state index contributed by atoms with van der Waals surface area (Å²) in [6.45, 7) is 5.60. The van der Waals surface area contributed by atoms with Gasteiger partial charge in [-0.25, -0.2) is 0 Å². The van der Waals surface area contributed by atoms with Crippen LogP contribution in [0.2, 0.25) is 0 Å². The first kappa shape index (κ1) is 16.0. The van der Waals surface area contributed by atoms with E-state index >= 15 is 0 Å². The molecule has 2 rings (SSSR count). The van der Waals surface area contributed by atoms with Crippen LogP contribution in [0.1, 0.15) is 31.7 Å². The average molecular weight is 289 g/mol. The van der Waals surface area contributed by atoms with E-state index in [0.717, 1.165) is 32.5 Å². The lowest BCUT2D eigenvalue weighted by molar-refractivity contribution is -0.122. The van der Waals surface area contributed by atoms with E-state index in [4.69, 9.17) is 5.73 Å². The van der Waals surface area contributed by atoms with Gasteiger partial charge in [-0.2, -0.15) is 0 Å². The van der Waals surface area contributed by atoms with Gasteiger partial charge in [0.15, 0.2) is 0 Å². The molecule has 1 aliphatic rings. The van der Waals surface area contributed by atoms with Crippen molar-refractivity contribution < 1.29 is 4.79 Å². The fraction of sp³-hybridized carbons (Fsp3) is 0.588. The maximum atomic E-state index is 12.0. The molecule has 4 heteroatoms. The summed E-state index contributed by atoms with van der Waals surface area (Å²) >= 11 is 0. The van der Waals surface area contributed by atoms with Crippen molar-refractivity contribution in [2.45, 2.75) is 38.8 Å². The Bertz CT molecular complexity index is 435. The molecule has 1 fully saturated rings. The Morgan fingerprint density at radius 3 is 2.90 bits per heavy atom. The van der Waals surface area contributed by atoms with Gasteiger partial charge in [0.2, 0.25) is 5.91 Å². The minimum atomic E-state index is 0.138. The van der Waals surface area contributed by atoms with Crippen LogP contribution in [-0.4, -0.2) is 36.5 Å². The lowest BCUT2D eigenvalue weighted by atomic mass is 10.0. The number of amides is 1. The second kappa shape index (κ2) is 8.15. The third kappa shape index (κ3) is 5.48. The molecule has 0 radical (unpaired) electrons. The van der Waals surface area contributed by atoms with Crippen LogP contribution in [0.4, 0.5) is 0 Å². The zero-order valence-electron chi connectivity index (χ0n) is 12.9. The van der Waals surface area contributed by atoms with E-state index in [1.54, 1.807) is 0 Å². The molecule has 3 N–H and O–H groups in total. The zero-order valence-corrected chi connectivity index (χ0v) is 12.9. The van der Waals surface area contributed by atoms with Crippen molar-refractivity contribution in [3.63, 3.8) is 0 Å². The van der Waals surface area contributed by atoms with E-state index in [1.165, 1.54) is 5.56 Å². The molecule has 1 aromatic rings. The lowest BCUT2D eigenvalue weighted by Crippen LogP contribution is -2.47. The van der Waals surface area contributed by atoms with Crippen molar-refractivity contribution in [1.82, 2.24) is 10.2 Å². The van der Waals surface area contributed by atoms with Crippen LogP contribution in [0.25, 0.3) is 0 Å². The highest BCUT2D eigenvalue weighted by molar-refractivity contribution is 5.76. The maximum Gasteiger partial charge on any atom is 0.220 e. The SMILES string of the molecule is CC(CN)CC(=O)NC1CCCN(Cc2ccccc2)C1. The molecule has 1 saturated heterocycles. The number of carbonyl (C=O) groups excluding carboxylic acids is 1. The molecular formula is C17H27N3O. The summed E-state index contributed by atoms with van der Waals surface area (Å²) in [7, 11) is 0. The van der Waals surface area contributed by atoms with Gasteiger partial charge in [-0.1, -0.05) is 37.3 Å². The van der Waals surface area contributed by atoms with E-state index < -0.39 is 0 Å². The number of nitrogens with zero attached hydrogens (tertiary/aromatic N) is 1. The number of hydrogen-bond acceptors (Lipinski definition) is 3. The van der Waals surface area contributed by atoms with Gasteiger partial charge < -0.3 is 11.1 Å². The van der Waals surface area contributed by atoms with Crippen LogP contribution in [0, 0.1) is 5.92 Å².